The first-order valence-corrected chi connectivity index (χ1v) is 11.1. The van der Waals surface area contributed by atoms with E-state index in [1.54, 1.807) is 0 Å². The SMILES string of the molecule is CCOc1ccc(-c2noc(CCC(=O)NCCCN3CC(C)CC(C)C3)n2)cc1. The molecular formula is C23H34N4O3. The molecule has 1 aromatic carbocycles. The van der Waals surface area contributed by atoms with E-state index in [2.05, 4.69) is 34.2 Å². The maximum atomic E-state index is 12.1. The number of aryl methyl sites for hydroxylation is 1. The molecule has 164 valence electrons. The smallest absolute Gasteiger partial charge is 0.227 e. The van der Waals surface area contributed by atoms with E-state index in [4.69, 9.17) is 9.26 Å². The van der Waals surface area contributed by atoms with Crippen LogP contribution in [0.4, 0.5) is 0 Å². The van der Waals surface area contributed by atoms with Gasteiger partial charge in [0, 0.05) is 38.0 Å². The van der Waals surface area contributed by atoms with Gasteiger partial charge in [-0.3, -0.25) is 4.79 Å². The van der Waals surface area contributed by atoms with Crippen molar-refractivity contribution in [1.29, 1.82) is 0 Å². The number of aromatic nitrogens is 2. The van der Waals surface area contributed by atoms with Gasteiger partial charge in [-0.05, 0) is 62.4 Å². The minimum absolute atomic E-state index is 0.0243. The summed E-state index contributed by atoms with van der Waals surface area (Å²) in [6.07, 6.45) is 3.09. The van der Waals surface area contributed by atoms with Crippen LogP contribution < -0.4 is 10.1 Å². The van der Waals surface area contributed by atoms with Crippen LogP contribution in [-0.2, 0) is 11.2 Å². The van der Waals surface area contributed by atoms with Crippen molar-refractivity contribution in [2.75, 3.05) is 32.8 Å². The fourth-order valence-corrected chi connectivity index (χ4v) is 4.15. The van der Waals surface area contributed by atoms with Crippen LogP contribution in [0.25, 0.3) is 11.4 Å². The molecule has 1 amide bonds. The molecule has 0 spiro atoms. The van der Waals surface area contributed by atoms with Crippen LogP contribution in [0.15, 0.2) is 28.8 Å². The fourth-order valence-electron chi connectivity index (χ4n) is 4.15. The monoisotopic (exact) mass is 414 g/mol. The summed E-state index contributed by atoms with van der Waals surface area (Å²) in [7, 11) is 0. The summed E-state index contributed by atoms with van der Waals surface area (Å²) in [5.41, 5.74) is 0.860. The molecule has 2 atom stereocenters. The summed E-state index contributed by atoms with van der Waals surface area (Å²) in [6.45, 7) is 11.3. The first-order chi connectivity index (χ1) is 14.5. The Labute approximate surface area is 179 Å². The molecule has 1 saturated heterocycles. The number of nitrogens with zero attached hydrogens (tertiary/aromatic N) is 3. The van der Waals surface area contributed by atoms with Gasteiger partial charge >= 0.3 is 0 Å². The van der Waals surface area contributed by atoms with E-state index in [0.717, 1.165) is 36.1 Å². The highest BCUT2D eigenvalue weighted by Crippen LogP contribution is 2.21. The first-order valence-electron chi connectivity index (χ1n) is 11.1. The number of hydrogen-bond acceptors (Lipinski definition) is 6. The highest BCUT2D eigenvalue weighted by atomic mass is 16.5. The van der Waals surface area contributed by atoms with Crippen molar-refractivity contribution < 1.29 is 14.1 Å². The lowest BCUT2D eigenvalue weighted by Crippen LogP contribution is -2.40. The topological polar surface area (TPSA) is 80.5 Å². The zero-order valence-corrected chi connectivity index (χ0v) is 18.4. The number of likely N-dealkylation sites (tertiary alicyclic amines) is 1. The number of nitrogens with one attached hydrogen (secondary N) is 1. The summed E-state index contributed by atoms with van der Waals surface area (Å²) in [5.74, 6) is 3.38. The van der Waals surface area contributed by atoms with Crippen LogP contribution in [0.1, 0.15) is 45.9 Å². The van der Waals surface area contributed by atoms with Crippen molar-refractivity contribution in [3.63, 3.8) is 0 Å². The summed E-state index contributed by atoms with van der Waals surface area (Å²) in [5, 5.41) is 7.02. The Morgan fingerprint density at radius 1 is 1.23 bits per heavy atom. The minimum Gasteiger partial charge on any atom is -0.494 e. The molecule has 0 aliphatic carbocycles. The molecular weight excluding hydrogens is 380 g/mol. The average Bonchev–Trinajstić information content (AvgIpc) is 3.19. The molecule has 1 fully saturated rings. The predicted molar refractivity (Wildman–Crippen MR) is 116 cm³/mol. The van der Waals surface area contributed by atoms with Gasteiger partial charge in [-0.2, -0.15) is 4.98 Å². The van der Waals surface area contributed by atoms with Gasteiger partial charge in [-0.25, -0.2) is 0 Å². The molecule has 2 unspecified atom stereocenters. The second kappa shape index (κ2) is 11.1. The molecule has 2 heterocycles. The van der Waals surface area contributed by atoms with Gasteiger partial charge < -0.3 is 19.5 Å². The quantitative estimate of drug-likeness (QED) is 0.599. The lowest BCUT2D eigenvalue weighted by atomic mass is 9.92. The van der Waals surface area contributed by atoms with Crippen LogP contribution >= 0.6 is 0 Å². The number of piperidine rings is 1. The van der Waals surface area contributed by atoms with Crippen molar-refractivity contribution in [2.45, 2.75) is 46.5 Å². The zero-order valence-electron chi connectivity index (χ0n) is 18.4. The molecule has 30 heavy (non-hydrogen) atoms. The third kappa shape index (κ3) is 6.83. The van der Waals surface area contributed by atoms with E-state index in [1.165, 1.54) is 19.5 Å². The molecule has 1 aromatic heterocycles. The summed E-state index contributed by atoms with van der Waals surface area (Å²) in [4.78, 5) is 19.0. The van der Waals surface area contributed by atoms with Crippen molar-refractivity contribution in [3.05, 3.63) is 30.2 Å². The Balaban J connectivity index is 1.35. The molecule has 1 N–H and O–H groups in total. The number of amides is 1. The van der Waals surface area contributed by atoms with Gasteiger partial charge in [-0.1, -0.05) is 19.0 Å². The second-order valence-corrected chi connectivity index (χ2v) is 8.38. The highest BCUT2D eigenvalue weighted by molar-refractivity contribution is 5.76. The molecule has 2 aromatic rings. The first kappa shape index (κ1) is 22.3. The zero-order chi connectivity index (χ0) is 21.3. The lowest BCUT2D eigenvalue weighted by molar-refractivity contribution is -0.121. The van der Waals surface area contributed by atoms with Crippen molar-refractivity contribution >= 4 is 5.91 Å². The van der Waals surface area contributed by atoms with Crippen LogP contribution in [0.5, 0.6) is 5.75 Å². The van der Waals surface area contributed by atoms with E-state index in [0.29, 0.717) is 37.7 Å². The standard InChI is InChI=1S/C23H34N4O3/c1-4-29-20-8-6-19(7-9-20)23-25-22(30-26-23)11-10-21(28)24-12-5-13-27-15-17(2)14-18(3)16-27/h6-9,17-18H,4-5,10-16H2,1-3H3,(H,24,28). The van der Waals surface area contributed by atoms with E-state index in [1.807, 2.05) is 31.2 Å². The van der Waals surface area contributed by atoms with Crippen molar-refractivity contribution in [3.8, 4) is 17.1 Å². The second-order valence-electron chi connectivity index (χ2n) is 8.38. The predicted octanol–water partition coefficient (Wildman–Crippen LogP) is 3.55. The fraction of sp³-hybridized carbons (Fsp3) is 0.609. The molecule has 7 nitrogen and oxygen atoms in total. The Bertz CT molecular complexity index is 780. The Hall–Kier alpha value is -2.41. The van der Waals surface area contributed by atoms with Gasteiger partial charge in [0.05, 0.1) is 6.61 Å². The summed E-state index contributed by atoms with van der Waals surface area (Å²) >= 11 is 0. The largest absolute Gasteiger partial charge is 0.494 e. The highest BCUT2D eigenvalue weighted by Gasteiger charge is 2.21. The molecule has 0 saturated carbocycles. The minimum atomic E-state index is 0.0243. The lowest BCUT2D eigenvalue weighted by Gasteiger charge is -2.34. The number of carbonyl (C=O) groups excluding carboxylic acids is 1. The number of hydrogen-bond donors (Lipinski definition) is 1. The molecule has 0 radical (unpaired) electrons. The van der Waals surface area contributed by atoms with Gasteiger partial charge in [0.25, 0.3) is 0 Å². The molecule has 7 heteroatoms. The average molecular weight is 415 g/mol. The summed E-state index contributed by atoms with van der Waals surface area (Å²) in [6, 6.07) is 7.56. The molecule has 3 rings (SSSR count). The Morgan fingerprint density at radius 2 is 1.97 bits per heavy atom. The molecule has 0 bridgehead atoms. The Kier molecular flexibility index (Phi) is 8.25. The Morgan fingerprint density at radius 3 is 2.67 bits per heavy atom. The third-order valence-corrected chi connectivity index (χ3v) is 5.38. The number of rotatable bonds is 10. The van der Waals surface area contributed by atoms with Crippen LogP contribution in [0, 0.1) is 11.8 Å². The normalized spacial score (nSPS) is 19.6. The summed E-state index contributed by atoms with van der Waals surface area (Å²) < 4.78 is 10.7. The molecule has 1 aliphatic rings. The maximum absolute atomic E-state index is 12.1. The number of ether oxygens (including phenoxy) is 1. The van der Waals surface area contributed by atoms with E-state index >= 15 is 0 Å². The van der Waals surface area contributed by atoms with Gasteiger partial charge in [-0.15, -0.1) is 0 Å². The van der Waals surface area contributed by atoms with Gasteiger partial charge in [0.1, 0.15) is 5.75 Å². The van der Waals surface area contributed by atoms with Gasteiger partial charge in [0.2, 0.25) is 17.6 Å². The van der Waals surface area contributed by atoms with E-state index in [-0.39, 0.29) is 5.91 Å². The van der Waals surface area contributed by atoms with Crippen LogP contribution in [0.2, 0.25) is 0 Å². The number of carbonyl (C=O) groups is 1. The number of benzene rings is 1. The van der Waals surface area contributed by atoms with Crippen molar-refractivity contribution in [2.24, 2.45) is 11.8 Å². The van der Waals surface area contributed by atoms with Crippen LogP contribution in [-0.4, -0.2) is 53.7 Å². The van der Waals surface area contributed by atoms with Crippen LogP contribution in [0.3, 0.4) is 0 Å². The van der Waals surface area contributed by atoms with E-state index < -0.39 is 0 Å². The van der Waals surface area contributed by atoms with Crippen molar-refractivity contribution in [1.82, 2.24) is 20.4 Å². The maximum Gasteiger partial charge on any atom is 0.227 e. The van der Waals surface area contributed by atoms with E-state index in [9.17, 15) is 4.79 Å². The third-order valence-electron chi connectivity index (χ3n) is 5.38. The van der Waals surface area contributed by atoms with Gasteiger partial charge in [0.15, 0.2) is 0 Å². The molecule has 1 aliphatic heterocycles.